The fraction of sp³-hybridized carbons (Fsp3) is 0.286. The predicted octanol–water partition coefficient (Wildman–Crippen LogP) is 1.89. The molecule has 112 valence electrons. The molecule has 0 fully saturated rings. The van der Waals surface area contributed by atoms with Gasteiger partial charge in [0, 0.05) is 35.0 Å². The molecule has 0 unspecified atom stereocenters. The molecule has 0 aliphatic heterocycles. The van der Waals surface area contributed by atoms with Gasteiger partial charge < -0.3 is 5.32 Å². The van der Waals surface area contributed by atoms with Crippen molar-refractivity contribution in [3.05, 3.63) is 40.9 Å². The quantitative estimate of drug-likeness (QED) is 0.911. The molecule has 0 atom stereocenters. The van der Waals surface area contributed by atoms with Gasteiger partial charge in [0.1, 0.15) is 14.8 Å². The Morgan fingerprint density at radius 2 is 2.14 bits per heavy atom. The van der Waals surface area contributed by atoms with Crippen LogP contribution in [-0.2, 0) is 9.84 Å². The number of rotatable bonds is 5. The summed E-state index contributed by atoms with van der Waals surface area (Å²) in [6, 6.07) is 7.14. The van der Waals surface area contributed by atoms with Crippen molar-refractivity contribution in [1.82, 2.24) is 10.3 Å². The van der Waals surface area contributed by atoms with Gasteiger partial charge in [-0.05, 0) is 19.1 Å². The summed E-state index contributed by atoms with van der Waals surface area (Å²) in [5.74, 6) is -0.349. The lowest BCUT2D eigenvalue weighted by Gasteiger charge is -2.05. The molecule has 2 aromatic rings. The number of hydrogen-bond acceptors (Lipinski definition) is 5. The Kier molecular flexibility index (Phi) is 4.74. The van der Waals surface area contributed by atoms with Crippen LogP contribution >= 0.6 is 11.3 Å². The average molecular weight is 324 g/mol. The molecule has 5 nitrogen and oxygen atoms in total. The maximum Gasteiger partial charge on any atom is 0.251 e. The summed E-state index contributed by atoms with van der Waals surface area (Å²) >= 11 is 1.52. The molecule has 0 spiro atoms. The monoisotopic (exact) mass is 324 g/mol. The summed E-state index contributed by atoms with van der Waals surface area (Å²) in [5, 5.41) is 5.42. The van der Waals surface area contributed by atoms with Crippen LogP contribution in [-0.4, -0.2) is 37.9 Å². The number of nitrogens with one attached hydrogen (secondary N) is 1. The smallest absolute Gasteiger partial charge is 0.251 e. The van der Waals surface area contributed by atoms with Crippen molar-refractivity contribution >= 4 is 27.1 Å². The van der Waals surface area contributed by atoms with Crippen molar-refractivity contribution in [3.63, 3.8) is 0 Å². The lowest BCUT2D eigenvalue weighted by molar-refractivity contribution is 0.0956. The van der Waals surface area contributed by atoms with E-state index in [4.69, 9.17) is 0 Å². The number of carbonyl (C=O) groups excluding carboxylic acids is 1. The standard InChI is InChI=1S/C14H16N2O3S2/c1-10-9-20-14(16-10)12-5-3-4-11(8-12)13(17)15-6-7-21(2,18)19/h3-5,8-9H,6-7H2,1-2H3,(H,15,17). The molecule has 0 saturated carbocycles. The molecule has 21 heavy (non-hydrogen) atoms. The number of aryl methyl sites for hydroxylation is 1. The molecular weight excluding hydrogens is 308 g/mol. The second-order valence-corrected chi connectivity index (χ2v) is 7.88. The van der Waals surface area contributed by atoms with Crippen LogP contribution in [0.3, 0.4) is 0 Å². The molecule has 1 amide bonds. The van der Waals surface area contributed by atoms with E-state index in [0.717, 1.165) is 22.5 Å². The summed E-state index contributed by atoms with van der Waals surface area (Å²) < 4.78 is 22.1. The molecule has 0 radical (unpaired) electrons. The highest BCUT2D eigenvalue weighted by Crippen LogP contribution is 2.24. The van der Waals surface area contributed by atoms with Gasteiger partial charge >= 0.3 is 0 Å². The third-order valence-corrected chi connectivity index (χ3v) is 4.70. The van der Waals surface area contributed by atoms with E-state index >= 15 is 0 Å². The minimum atomic E-state index is -3.07. The van der Waals surface area contributed by atoms with Crippen molar-refractivity contribution in [2.75, 3.05) is 18.6 Å². The molecule has 1 aromatic heterocycles. The summed E-state index contributed by atoms with van der Waals surface area (Å²) in [7, 11) is -3.07. The second-order valence-electron chi connectivity index (χ2n) is 4.76. The van der Waals surface area contributed by atoms with E-state index in [0.29, 0.717) is 5.56 Å². The molecule has 1 heterocycles. The molecule has 0 aliphatic carbocycles. The molecule has 0 aliphatic rings. The molecule has 1 aromatic carbocycles. The fourth-order valence-corrected chi connectivity index (χ4v) is 3.00. The van der Waals surface area contributed by atoms with E-state index in [1.165, 1.54) is 11.3 Å². The SMILES string of the molecule is Cc1csc(-c2cccc(C(=O)NCCS(C)(=O)=O)c2)n1. The number of thiazole rings is 1. The maximum absolute atomic E-state index is 12.0. The van der Waals surface area contributed by atoms with Crippen molar-refractivity contribution in [2.24, 2.45) is 0 Å². The predicted molar refractivity (Wildman–Crippen MR) is 84.3 cm³/mol. The molecule has 7 heteroatoms. The first-order valence-corrected chi connectivity index (χ1v) is 9.28. The Bertz CT molecular complexity index is 751. The number of aromatic nitrogens is 1. The topological polar surface area (TPSA) is 76.1 Å². The third-order valence-electron chi connectivity index (χ3n) is 2.75. The molecular formula is C14H16N2O3S2. The zero-order valence-electron chi connectivity index (χ0n) is 11.8. The molecule has 0 saturated heterocycles. The Labute approximate surface area is 128 Å². The number of nitrogens with zero attached hydrogens (tertiary/aromatic N) is 1. The Balaban J connectivity index is 2.08. The Morgan fingerprint density at radius 3 is 2.76 bits per heavy atom. The van der Waals surface area contributed by atoms with Crippen LogP contribution in [0.25, 0.3) is 10.6 Å². The van der Waals surface area contributed by atoms with Gasteiger partial charge in [0.05, 0.1) is 5.75 Å². The second kappa shape index (κ2) is 6.36. The van der Waals surface area contributed by atoms with Crippen LogP contribution in [0, 0.1) is 6.92 Å². The fourth-order valence-electron chi connectivity index (χ4n) is 1.73. The highest BCUT2D eigenvalue weighted by Gasteiger charge is 2.10. The van der Waals surface area contributed by atoms with Gasteiger partial charge in [-0.1, -0.05) is 12.1 Å². The Hall–Kier alpha value is -1.73. The highest BCUT2D eigenvalue weighted by molar-refractivity contribution is 7.90. The first kappa shape index (κ1) is 15.7. The van der Waals surface area contributed by atoms with Gasteiger partial charge in [0.15, 0.2) is 0 Å². The molecule has 1 N–H and O–H groups in total. The van der Waals surface area contributed by atoms with Crippen LogP contribution in [0.15, 0.2) is 29.6 Å². The van der Waals surface area contributed by atoms with Gasteiger partial charge in [0.25, 0.3) is 5.91 Å². The average Bonchev–Trinajstić information content (AvgIpc) is 2.84. The van der Waals surface area contributed by atoms with Gasteiger partial charge in [0.2, 0.25) is 0 Å². The summed E-state index contributed by atoms with van der Waals surface area (Å²) in [5.41, 5.74) is 2.32. The van der Waals surface area contributed by atoms with E-state index in [-0.39, 0.29) is 18.2 Å². The van der Waals surface area contributed by atoms with Gasteiger partial charge in [-0.15, -0.1) is 11.3 Å². The van der Waals surface area contributed by atoms with Gasteiger partial charge in [-0.3, -0.25) is 4.79 Å². The first-order valence-electron chi connectivity index (χ1n) is 6.34. The number of amides is 1. The van der Waals surface area contributed by atoms with Crippen molar-refractivity contribution in [3.8, 4) is 10.6 Å². The third kappa shape index (κ3) is 4.64. The van der Waals surface area contributed by atoms with Crippen molar-refractivity contribution in [2.45, 2.75) is 6.92 Å². The Morgan fingerprint density at radius 1 is 1.38 bits per heavy atom. The summed E-state index contributed by atoms with van der Waals surface area (Å²) in [6.07, 6.45) is 1.14. The van der Waals surface area contributed by atoms with E-state index < -0.39 is 9.84 Å². The van der Waals surface area contributed by atoms with Crippen LogP contribution in [0.2, 0.25) is 0 Å². The normalized spacial score (nSPS) is 11.3. The van der Waals surface area contributed by atoms with E-state index in [1.54, 1.807) is 18.2 Å². The summed E-state index contributed by atoms with van der Waals surface area (Å²) in [4.78, 5) is 16.4. The minimum absolute atomic E-state index is 0.0654. The van der Waals surface area contributed by atoms with Gasteiger partial charge in [-0.2, -0.15) is 0 Å². The lowest BCUT2D eigenvalue weighted by atomic mass is 10.1. The number of sulfone groups is 1. The number of hydrogen-bond donors (Lipinski definition) is 1. The van der Waals surface area contributed by atoms with Crippen LogP contribution < -0.4 is 5.32 Å². The van der Waals surface area contributed by atoms with Gasteiger partial charge in [-0.25, -0.2) is 13.4 Å². The first-order chi connectivity index (χ1) is 9.85. The van der Waals surface area contributed by atoms with Crippen LogP contribution in [0.1, 0.15) is 16.1 Å². The number of benzene rings is 1. The van der Waals surface area contributed by atoms with E-state index in [9.17, 15) is 13.2 Å². The zero-order valence-corrected chi connectivity index (χ0v) is 13.4. The lowest BCUT2D eigenvalue weighted by Crippen LogP contribution is -2.28. The molecule has 2 rings (SSSR count). The maximum atomic E-state index is 12.0. The number of carbonyl (C=O) groups is 1. The van der Waals surface area contributed by atoms with Crippen LogP contribution in [0.5, 0.6) is 0 Å². The summed E-state index contributed by atoms with van der Waals surface area (Å²) in [6.45, 7) is 2.03. The highest BCUT2D eigenvalue weighted by atomic mass is 32.2. The van der Waals surface area contributed by atoms with Crippen molar-refractivity contribution < 1.29 is 13.2 Å². The minimum Gasteiger partial charge on any atom is -0.351 e. The zero-order chi connectivity index (χ0) is 15.5. The van der Waals surface area contributed by atoms with E-state index in [2.05, 4.69) is 10.3 Å². The van der Waals surface area contributed by atoms with E-state index in [1.807, 2.05) is 18.4 Å². The van der Waals surface area contributed by atoms with Crippen molar-refractivity contribution in [1.29, 1.82) is 0 Å². The largest absolute Gasteiger partial charge is 0.351 e. The molecule has 0 bridgehead atoms. The van der Waals surface area contributed by atoms with Crippen LogP contribution in [0.4, 0.5) is 0 Å².